The van der Waals surface area contributed by atoms with Gasteiger partial charge in [0, 0.05) is 30.9 Å². The average molecular weight is 286 g/mol. The number of nitrogens with one attached hydrogen (secondary N) is 1. The molecule has 110 valence electrons. The Morgan fingerprint density at radius 3 is 2.68 bits per heavy atom. The smallest absolute Gasteiger partial charge is 0.410 e. The number of likely N-dealkylation sites (tertiary alicyclic amines) is 1. The molecule has 0 bridgehead atoms. The van der Waals surface area contributed by atoms with Gasteiger partial charge in [0.2, 0.25) is 0 Å². The summed E-state index contributed by atoms with van der Waals surface area (Å²) in [6.07, 6.45) is 3.89. The van der Waals surface area contributed by atoms with Gasteiger partial charge in [-0.3, -0.25) is 0 Å². The van der Waals surface area contributed by atoms with Crippen molar-refractivity contribution in [2.45, 2.75) is 56.9 Å². The van der Waals surface area contributed by atoms with E-state index in [9.17, 15) is 4.79 Å². The minimum absolute atomic E-state index is 0.183. The van der Waals surface area contributed by atoms with Crippen LogP contribution in [0.4, 0.5) is 4.79 Å². The molecule has 1 amide bonds. The minimum Gasteiger partial charge on any atom is -0.444 e. The Morgan fingerprint density at radius 1 is 1.37 bits per heavy atom. The van der Waals surface area contributed by atoms with Crippen LogP contribution in [0.3, 0.4) is 0 Å². The Labute approximate surface area is 120 Å². The minimum atomic E-state index is -0.395. The molecule has 4 nitrogen and oxygen atoms in total. The summed E-state index contributed by atoms with van der Waals surface area (Å²) in [5.74, 6) is 1.31. The van der Waals surface area contributed by atoms with Crippen molar-refractivity contribution in [3.63, 3.8) is 0 Å². The molecule has 2 saturated heterocycles. The van der Waals surface area contributed by atoms with Crippen molar-refractivity contribution in [3.05, 3.63) is 0 Å². The predicted octanol–water partition coefficient (Wildman–Crippen LogP) is 2.48. The van der Waals surface area contributed by atoms with E-state index in [1.54, 1.807) is 4.90 Å². The molecule has 5 heteroatoms. The number of nitrogens with zero attached hydrogens (tertiary/aromatic N) is 1. The molecule has 2 heterocycles. The molecule has 2 fully saturated rings. The van der Waals surface area contributed by atoms with E-state index < -0.39 is 5.60 Å². The molecule has 1 atom stereocenters. The molecule has 0 aromatic heterocycles. The third-order valence-electron chi connectivity index (χ3n) is 3.44. The van der Waals surface area contributed by atoms with Crippen molar-refractivity contribution < 1.29 is 9.53 Å². The van der Waals surface area contributed by atoms with Gasteiger partial charge in [-0.1, -0.05) is 6.42 Å². The molecule has 2 rings (SSSR count). The van der Waals surface area contributed by atoms with E-state index in [-0.39, 0.29) is 6.09 Å². The van der Waals surface area contributed by atoms with Gasteiger partial charge in [-0.25, -0.2) is 4.79 Å². The van der Waals surface area contributed by atoms with Crippen LogP contribution in [0.15, 0.2) is 0 Å². The summed E-state index contributed by atoms with van der Waals surface area (Å²) in [7, 11) is 0. The quantitative estimate of drug-likeness (QED) is 0.865. The lowest BCUT2D eigenvalue weighted by molar-refractivity contribution is 0.00539. The molecular formula is C14H26N2O2S. The maximum atomic E-state index is 11.8. The van der Waals surface area contributed by atoms with Gasteiger partial charge < -0.3 is 15.0 Å². The molecule has 0 saturated carbocycles. The van der Waals surface area contributed by atoms with E-state index in [1.165, 1.54) is 25.0 Å². The lowest BCUT2D eigenvalue weighted by atomic mass is 10.1. The summed E-state index contributed by atoms with van der Waals surface area (Å²) in [5.41, 5.74) is -0.395. The van der Waals surface area contributed by atoms with Crippen LogP contribution in [0.1, 0.15) is 40.0 Å². The predicted molar refractivity (Wildman–Crippen MR) is 79.7 cm³/mol. The van der Waals surface area contributed by atoms with Crippen molar-refractivity contribution in [1.29, 1.82) is 0 Å². The highest BCUT2D eigenvalue weighted by atomic mass is 32.2. The highest BCUT2D eigenvalue weighted by molar-refractivity contribution is 7.99. The first kappa shape index (κ1) is 15.0. The van der Waals surface area contributed by atoms with Crippen molar-refractivity contribution in [2.75, 3.05) is 25.4 Å². The number of hydrogen-bond donors (Lipinski definition) is 1. The second-order valence-corrected chi connectivity index (χ2v) is 7.89. The molecule has 19 heavy (non-hydrogen) atoms. The van der Waals surface area contributed by atoms with Gasteiger partial charge in [-0.2, -0.15) is 11.8 Å². The molecule has 1 unspecified atom stereocenters. The first-order valence-corrected chi connectivity index (χ1v) is 8.32. The Bertz CT molecular complexity index is 305. The van der Waals surface area contributed by atoms with Crippen LogP contribution in [0.25, 0.3) is 0 Å². The largest absolute Gasteiger partial charge is 0.444 e. The lowest BCUT2D eigenvalue weighted by Gasteiger charge is -2.40. The average Bonchev–Trinajstić information content (AvgIpc) is 2.25. The van der Waals surface area contributed by atoms with Crippen LogP contribution in [-0.4, -0.2) is 53.3 Å². The molecule has 0 aromatic rings. The normalized spacial score (nSPS) is 25.0. The second-order valence-electron chi connectivity index (χ2n) is 6.48. The maximum absolute atomic E-state index is 11.8. The highest BCUT2D eigenvalue weighted by Gasteiger charge is 2.33. The van der Waals surface area contributed by atoms with Gasteiger partial charge >= 0.3 is 6.09 Å². The lowest BCUT2D eigenvalue weighted by Crippen LogP contribution is -2.61. The Kier molecular flexibility index (Phi) is 5.01. The van der Waals surface area contributed by atoms with E-state index in [2.05, 4.69) is 17.1 Å². The fraction of sp³-hybridized carbons (Fsp3) is 0.929. The third kappa shape index (κ3) is 4.88. The first-order valence-electron chi connectivity index (χ1n) is 7.27. The standard InChI is InChI=1S/C14H26N2O2S/c1-14(2,3)18-13(17)16-9-11(10-16)15-8-12-6-4-5-7-19-12/h11-12,15H,4-10H2,1-3H3. The number of ether oxygens (including phenoxy) is 1. The molecule has 2 aliphatic rings. The van der Waals surface area contributed by atoms with Gasteiger partial charge in [0.25, 0.3) is 0 Å². The summed E-state index contributed by atoms with van der Waals surface area (Å²) >= 11 is 2.09. The summed E-state index contributed by atoms with van der Waals surface area (Å²) in [6, 6.07) is 0.454. The van der Waals surface area contributed by atoms with Gasteiger partial charge in [-0.15, -0.1) is 0 Å². The highest BCUT2D eigenvalue weighted by Crippen LogP contribution is 2.24. The molecule has 1 N–H and O–H groups in total. The van der Waals surface area contributed by atoms with Crippen LogP contribution in [0, 0.1) is 0 Å². The summed E-state index contributed by atoms with van der Waals surface area (Å²) in [5, 5.41) is 4.33. The third-order valence-corrected chi connectivity index (χ3v) is 4.84. The molecule has 0 spiro atoms. The fourth-order valence-electron chi connectivity index (χ4n) is 2.35. The van der Waals surface area contributed by atoms with E-state index in [0.29, 0.717) is 6.04 Å². The SMILES string of the molecule is CC(C)(C)OC(=O)N1CC(NCC2CCCCS2)C1. The van der Waals surface area contributed by atoms with Crippen molar-refractivity contribution in [1.82, 2.24) is 10.2 Å². The topological polar surface area (TPSA) is 41.6 Å². The van der Waals surface area contributed by atoms with Crippen LogP contribution in [-0.2, 0) is 4.74 Å². The van der Waals surface area contributed by atoms with E-state index in [0.717, 1.165) is 24.9 Å². The van der Waals surface area contributed by atoms with Crippen LogP contribution >= 0.6 is 11.8 Å². The Hall–Kier alpha value is -0.420. The van der Waals surface area contributed by atoms with Crippen molar-refractivity contribution in [2.24, 2.45) is 0 Å². The van der Waals surface area contributed by atoms with Gasteiger partial charge in [0.15, 0.2) is 0 Å². The Morgan fingerprint density at radius 2 is 2.11 bits per heavy atom. The zero-order valence-corrected chi connectivity index (χ0v) is 13.1. The van der Waals surface area contributed by atoms with Crippen LogP contribution in [0.5, 0.6) is 0 Å². The Balaban J connectivity index is 1.59. The van der Waals surface area contributed by atoms with E-state index >= 15 is 0 Å². The molecule has 0 aromatic carbocycles. The first-order chi connectivity index (χ1) is 8.94. The van der Waals surface area contributed by atoms with E-state index in [1.807, 2.05) is 20.8 Å². The van der Waals surface area contributed by atoms with Crippen LogP contribution in [0.2, 0.25) is 0 Å². The van der Waals surface area contributed by atoms with Gasteiger partial charge in [0.1, 0.15) is 5.60 Å². The number of thioether (sulfide) groups is 1. The molecular weight excluding hydrogens is 260 g/mol. The number of hydrogen-bond acceptors (Lipinski definition) is 4. The van der Waals surface area contributed by atoms with Crippen LogP contribution < -0.4 is 5.32 Å². The summed E-state index contributed by atoms with van der Waals surface area (Å²) in [6.45, 7) is 8.36. The zero-order valence-electron chi connectivity index (χ0n) is 12.3. The summed E-state index contributed by atoms with van der Waals surface area (Å²) < 4.78 is 5.34. The zero-order chi connectivity index (χ0) is 13.9. The van der Waals surface area contributed by atoms with E-state index in [4.69, 9.17) is 4.74 Å². The maximum Gasteiger partial charge on any atom is 0.410 e. The van der Waals surface area contributed by atoms with Gasteiger partial charge in [0.05, 0.1) is 0 Å². The van der Waals surface area contributed by atoms with Gasteiger partial charge in [-0.05, 0) is 39.4 Å². The second kappa shape index (κ2) is 6.35. The number of carbonyl (C=O) groups excluding carboxylic acids is 1. The van der Waals surface area contributed by atoms with Crippen molar-refractivity contribution >= 4 is 17.9 Å². The molecule has 0 radical (unpaired) electrons. The fourth-order valence-corrected chi connectivity index (χ4v) is 3.60. The number of amides is 1. The number of carbonyl (C=O) groups is 1. The number of rotatable bonds is 3. The monoisotopic (exact) mass is 286 g/mol. The molecule has 0 aliphatic carbocycles. The molecule has 2 aliphatic heterocycles. The van der Waals surface area contributed by atoms with Crippen molar-refractivity contribution in [3.8, 4) is 0 Å². The summed E-state index contributed by atoms with van der Waals surface area (Å²) in [4.78, 5) is 13.5.